The zero-order valence-electron chi connectivity index (χ0n) is 8.76. The van der Waals surface area contributed by atoms with E-state index in [1.165, 1.54) is 6.42 Å². The molecule has 0 radical (unpaired) electrons. The summed E-state index contributed by atoms with van der Waals surface area (Å²) < 4.78 is 1.82. The third kappa shape index (κ3) is 1.26. The van der Waals surface area contributed by atoms with Gasteiger partial charge in [-0.3, -0.25) is 4.79 Å². The minimum Gasteiger partial charge on any atom is -0.332 e. The highest BCUT2D eigenvalue weighted by atomic mass is 16.1. The maximum absolute atomic E-state index is 12.2. The van der Waals surface area contributed by atoms with Crippen molar-refractivity contribution >= 4 is 5.78 Å². The lowest BCUT2D eigenvalue weighted by Gasteiger charge is -2.15. The lowest BCUT2D eigenvalue weighted by Crippen LogP contribution is -2.22. The van der Waals surface area contributed by atoms with Gasteiger partial charge in [0.25, 0.3) is 0 Å². The van der Waals surface area contributed by atoms with Crippen molar-refractivity contribution in [2.45, 2.75) is 12.8 Å². The van der Waals surface area contributed by atoms with E-state index in [2.05, 4.69) is 17.1 Å². The maximum Gasteiger partial charge on any atom is 0.201 e. The number of aryl methyl sites for hydroxylation is 1. The van der Waals surface area contributed by atoms with Crippen molar-refractivity contribution < 1.29 is 4.79 Å². The third-order valence-electron chi connectivity index (χ3n) is 3.66. The van der Waals surface area contributed by atoms with Gasteiger partial charge in [-0.2, -0.15) is 0 Å². The summed E-state index contributed by atoms with van der Waals surface area (Å²) in [5.41, 5.74) is 0. The molecule has 0 N–H and O–H groups in total. The van der Waals surface area contributed by atoms with E-state index < -0.39 is 0 Å². The van der Waals surface area contributed by atoms with E-state index in [0.717, 1.165) is 6.42 Å². The van der Waals surface area contributed by atoms with Crippen LogP contribution in [-0.2, 0) is 7.05 Å². The summed E-state index contributed by atoms with van der Waals surface area (Å²) in [6.45, 7) is 0. The average molecular weight is 202 g/mol. The lowest BCUT2D eigenvalue weighted by molar-refractivity contribution is 0.0887. The Bertz CT molecular complexity index is 433. The molecule has 3 nitrogen and oxygen atoms in total. The van der Waals surface area contributed by atoms with Crippen LogP contribution < -0.4 is 0 Å². The number of carbonyl (C=O) groups excluding carboxylic acids is 1. The number of Topliss-reactive ketones (excluding diaryl/α,β-unsaturated/α-hetero) is 1. The molecule has 78 valence electrons. The van der Waals surface area contributed by atoms with Crippen LogP contribution >= 0.6 is 0 Å². The molecule has 0 saturated heterocycles. The molecule has 1 saturated carbocycles. The number of allylic oxidation sites excluding steroid dienone is 2. The smallest absolute Gasteiger partial charge is 0.201 e. The molecule has 1 aromatic rings. The van der Waals surface area contributed by atoms with Gasteiger partial charge in [-0.1, -0.05) is 12.2 Å². The molecule has 0 aromatic carbocycles. The van der Waals surface area contributed by atoms with Gasteiger partial charge in [-0.15, -0.1) is 0 Å². The third-order valence-corrected chi connectivity index (χ3v) is 3.66. The lowest BCUT2D eigenvalue weighted by atomic mass is 9.89. The number of aromatic nitrogens is 2. The maximum atomic E-state index is 12.2. The number of nitrogens with zero attached hydrogens (tertiary/aromatic N) is 2. The highest BCUT2D eigenvalue weighted by Gasteiger charge is 2.40. The van der Waals surface area contributed by atoms with Crippen LogP contribution in [-0.4, -0.2) is 15.3 Å². The Balaban J connectivity index is 1.87. The highest BCUT2D eigenvalue weighted by molar-refractivity contribution is 5.95. The average Bonchev–Trinajstić information content (AvgIpc) is 2.91. The number of hydrogen-bond acceptors (Lipinski definition) is 2. The van der Waals surface area contributed by atoms with Crippen LogP contribution in [0.5, 0.6) is 0 Å². The Hall–Kier alpha value is -1.38. The molecule has 1 heterocycles. The molecule has 0 unspecified atom stereocenters. The quantitative estimate of drug-likeness (QED) is 0.541. The van der Waals surface area contributed by atoms with Gasteiger partial charge in [-0.05, 0) is 24.7 Å². The van der Waals surface area contributed by atoms with E-state index in [4.69, 9.17) is 0 Å². The predicted octanol–water partition coefficient (Wildman–Crippen LogP) is 1.81. The van der Waals surface area contributed by atoms with Crippen molar-refractivity contribution in [3.8, 4) is 0 Å². The van der Waals surface area contributed by atoms with Crippen LogP contribution in [0.1, 0.15) is 23.5 Å². The van der Waals surface area contributed by atoms with Crippen molar-refractivity contribution in [1.82, 2.24) is 9.55 Å². The van der Waals surface area contributed by atoms with Crippen molar-refractivity contribution in [1.29, 1.82) is 0 Å². The number of carbonyl (C=O) groups is 1. The molecule has 0 spiro atoms. The molecular weight excluding hydrogens is 188 g/mol. The fourth-order valence-electron chi connectivity index (χ4n) is 2.85. The second-order valence-corrected chi connectivity index (χ2v) is 4.61. The van der Waals surface area contributed by atoms with Gasteiger partial charge in [0.05, 0.1) is 0 Å². The SMILES string of the molecule is Cn1ccnc1C(=O)[C@@H]1C[C@@H]2C=C[C@H]1C2. The first-order valence-corrected chi connectivity index (χ1v) is 5.45. The normalized spacial score (nSPS) is 32.5. The second kappa shape index (κ2) is 3.05. The molecule has 15 heavy (non-hydrogen) atoms. The molecule has 3 rings (SSSR count). The molecule has 0 amide bonds. The summed E-state index contributed by atoms with van der Waals surface area (Å²) in [7, 11) is 1.88. The van der Waals surface area contributed by atoms with Crippen LogP contribution in [0, 0.1) is 17.8 Å². The Morgan fingerprint density at radius 2 is 2.33 bits per heavy atom. The predicted molar refractivity (Wildman–Crippen MR) is 56.4 cm³/mol. The number of rotatable bonds is 2. The summed E-state index contributed by atoms with van der Waals surface area (Å²) in [5.74, 6) is 2.13. The first-order valence-electron chi connectivity index (χ1n) is 5.45. The Labute approximate surface area is 88.8 Å². The Morgan fingerprint density at radius 1 is 1.47 bits per heavy atom. The molecule has 3 atom stereocenters. The molecule has 1 aromatic heterocycles. The monoisotopic (exact) mass is 202 g/mol. The minimum absolute atomic E-state index is 0.182. The number of ketones is 1. The van der Waals surface area contributed by atoms with E-state index >= 15 is 0 Å². The molecule has 3 heteroatoms. The summed E-state index contributed by atoms with van der Waals surface area (Å²) in [5, 5.41) is 0. The number of imidazole rings is 1. The number of hydrogen-bond donors (Lipinski definition) is 0. The van der Waals surface area contributed by atoms with Gasteiger partial charge in [0.1, 0.15) is 0 Å². The minimum atomic E-state index is 0.182. The molecule has 2 bridgehead atoms. The Morgan fingerprint density at radius 3 is 2.87 bits per heavy atom. The summed E-state index contributed by atoms with van der Waals surface area (Å²) in [6.07, 6.45) is 10.2. The van der Waals surface area contributed by atoms with E-state index in [-0.39, 0.29) is 11.7 Å². The number of fused-ring (bicyclic) bond motifs is 2. The summed E-state index contributed by atoms with van der Waals surface area (Å²) in [6, 6.07) is 0. The largest absolute Gasteiger partial charge is 0.332 e. The van der Waals surface area contributed by atoms with E-state index in [1.54, 1.807) is 6.20 Å². The van der Waals surface area contributed by atoms with Gasteiger partial charge in [0.2, 0.25) is 5.78 Å². The highest BCUT2D eigenvalue weighted by Crippen LogP contribution is 2.44. The van der Waals surface area contributed by atoms with E-state index in [9.17, 15) is 4.79 Å². The van der Waals surface area contributed by atoms with Crippen molar-refractivity contribution in [2.24, 2.45) is 24.8 Å². The van der Waals surface area contributed by atoms with Crippen molar-refractivity contribution in [2.75, 3.05) is 0 Å². The standard InChI is InChI=1S/C12H14N2O/c1-14-5-4-13-12(14)11(15)10-7-8-2-3-9(10)6-8/h2-5,8-10H,6-7H2,1H3/t8-,9+,10-/m1/s1. The van der Waals surface area contributed by atoms with Gasteiger partial charge >= 0.3 is 0 Å². The first-order chi connectivity index (χ1) is 7.25. The topological polar surface area (TPSA) is 34.9 Å². The van der Waals surface area contributed by atoms with Crippen molar-refractivity contribution in [3.63, 3.8) is 0 Å². The van der Waals surface area contributed by atoms with Gasteiger partial charge in [-0.25, -0.2) is 4.98 Å². The fraction of sp³-hybridized carbons (Fsp3) is 0.500. The molecule has 2 aliphatic rings. The van der Waals surface area contributed by atoms with E-state index in [0.29, 0.717) is 17.7 Å². The van der Waals surface area contributed by atoms with Crippen molar-refractivity contribution in [3.05, 3.63) is 30.4 Å². The van der Waals surface area contributed by atoms with Crippen LogP contribution in [0.4, 0.5) is 0 Å². The summed E-state index contributed by atoms with van der Waals surface area (Å²) in [4.78, 5) is 16.3. The Kier molecular flexibility index (Phi) is 1.81. The second-order valence-electron chi connectivity index (χ2n) is 4.61. The van der Waals surface area contributed by atoms with Gasteiger partial charge < -0.3 is 4.57 Å². The van der Waals surface area contributed by atoms with Crippen LogP contribution in [0.3, 0.4) is 0 Å². The van der Waals surface area contributed by atoms with Crippen LogP contribution in [0.15, 0.2) is 24.5 Å². The molecule has 0 aliphatic heterocycles. The van der Waals surface area contributed by atoms with Crippen LogP contribution in [0.2, 0.25) is 0 Å². The zero-order valence-corrected chi connectivity index (χ0v) is 8.76. The molecular formula is C12H14N2O. The van der Waals surface area contributed by atoms with Gasteiger partial charge in [0, 0.05) is 25.4 Å². The molecule has 1 fully saturated rings. The van der Waals surface area contributed by atoms with E-state index in [1.807, 2.05) is 17.8 Å². The molecule has 2 aliphatic carbocycles. The van der Waals surface area contributed by atoms with Gasteiger partial charge in [0.15, 0.2) is 5.82 Å². The van der Waals surface area contributed by atoms with Crippen LogP contribution in [0.25, 0.3) is 0 Å². The first kappa shape index (κ1) is 8.89. The zero-order chi connectivity index (χ0) is 10.4. The fourth-order valence-corrected chi connectivity index (χ4v) is 2.85. The summed E-state index contributed by atoms with van der Waals surface area (Å²) >= 11 is 0.